The van der Waals surface area contributed by atoms with Crippen LogP contribution in [0, 0.1) is 0 Å². The number of hydrogen-bond donors (Lipinski definition) is 0. The van der Waals surface area contributed by atoms with E-state index in [9.17, 15) is 9.59 Å². The van der Waals surface area contributed by atoms with Crippen LogP contribution in [0.2, 0.25) is 5.02 Å². The zero-order chi connectivity index (χ0) is 19.1. The molecule has 0 amide bonds. The molecule has 0 saturated carbocycles. The van der Waals surface area contributed by atoms with Gasteiger partial charge in [0.2, 0.25) is 0 Å². The van der Waals surface area contributed by atoms with Crippen molar-refractivity contribution in [3.05, 3.63) is 52.5 Å². The van der Waals surface area contributed by atoms with Crippen molar-refractivity contribution in [2.75, 3.05) is 20.3 Å². The van der Waals surface area contributed by atoms with Crippen molar-refractivity contribution in [1.82, 2.24) is 0 Å². The molecular formula is C19H19ClO6. The van der Waals surface area contributed by atoms with Gasteiger partial charge in [-0.1, -0.05) is 11.6 Å². The molecule has 26 heavy (non-hydrogen) atoms. The number of hydrogen-bond acceptors (Lipinski definition) is 6. The molecule has 0 aromatic heterocycles. The lowest BCUT2D eigenvalue weighted by atomic mass is 10.2. The highest BCUT2D eigenvalue weighted by molar-refractivity contribution is 6.32. The molecule has 0 aliphatic carbocycles. The van der Waals surface area contributed by atoms with Gasteiger partial charge in [0.15, 0.2) is 11.5 Å². The second kappa shape index (κ2) is 9.10. The van der Waals surface area contributed by atoms with Crippen LogP contribution in [0.25, 0.3) is 0 Å². The number of rotatable bonds is 7. The molecule has 0 spiro atoms. The zero-order valence-electron chi connectivity index (χ0n) is 14.7. The van der Waals surface area contributed by atoms with Crippen molar-refractivity contribution in [2.45, 2.75) is 13.8 Å². The summed E-state index contributed by atoms with van der Waals surface area (Å²) in [6.45, 7) is 4.00. The summed E-state index contributed by atoms with van der Waals surface area (Å²) in [5.74, 6) is -0.302. The number of carbonyl (C=O) groups excluding carboxylic acids is 2. The normalized spacial score (nSPS) is 10.2. The lowest BCUT2D eigenvalue weighted by Gasteiger charge is -2.14. The first-order valence-electron chi connectivity index (χ1n) is 7.99. The van der Waals surface area contributed by atoms with Gasteiger partial charge in [-0.2, -0.15) is 0 Å². The van der Waals surface area contributed by atoms with Gasteiger partial charge in [0.1, 0.15) is 5.75 Å². The minimum absolute atomic E-state index is 0.0439. The topological polar surface area (TPSA) is 71.1 Å². The number of halogens is 1. The van der Waals surface area contributed by atoms with Gasteiger partial charge in [-0.25, -0.2) is 9.59 Å². The number of methoxy groups -OCH3 is 1. The summed E-state index contributed by atoms with van der Waals surface area (Å²) >= 11 is 6.21. The first-order chi connectivity index (χ1) is 12.5. The fourth-order valence-corrected chi connectivity index (χ4v) is 2.39. The minimum atomic E-state index is -0.612. The maximum Gasteiger partial charge on any atom is 0.343 e. The molecule has 138 valence electrons. The van der Waals surface area contributed by atoms with Crippen molar-refractivity contribution in [3.63, 3.8) is 0 Å². The lowest BCUT2D eigenvalue weighted by Crippen LogP contribution is -2.11. The Morgan fingerprint density at radius 2 is 1.65 bits per heavy atom. The predicted octanol–water partition coefficient (Wildman–Crippen LogP) is 4.14. The van der Waals surface area contributed by atoms with Gasteiger partial charge in [-0.15, -0.1) is 0 Å². The van der Waals surface area contributed by atoms with Crippen LogP contribution in [0.15, 0.2) is 36.4 Å². The van der Waals surface area contributed by atoms with Gasteiger partial charge in [0.05, 0.1) is 36.5 Å². The lowest BCUT2D eigenvalue weighted by molar-refractivity contribution is 0.0526. The van der Waals surface area contributed by atoms with Crippen molar-refractivity contribution >= 4 is 23.5 Å². The Balaban J connectivity index is 2.31. The molecule has 0 aliphatic rings. The largest absolute Gasteiger partial charge is 0.497 e. The van der Waals surface area contributed by atoms with E-state index < -0.39 is 11.9 Å². The predicted molar refractivity (Wildman–Crippen MR) is 96.5 cm³/mol. The highest BCUT2D eigenvalue weighted by Gasteiger charge is 2.20. The summed E-state index contributed by atoms with van der Waals surface area (Å²) in [7, 11) is 1.53. The summed E-state index contributed by atoms with van der Waals surface area (Å²) < 4.78 is 20.9. The van der Waals surface area contributed by atoms with Gasteiger partial charge >= 0.3 is 11.9 Å². The summed E-state index contributed by atoms with van der Waals surface area (Å²) in [6.07, 6.45) is 0. The number of carbonyl (C=O) groups is 2. The Labute approximate surface area is 156 Å². The molecule has 0 radical (unpaired) electrons. The van der Waals surface area contributed by atoms with E-state index in [4.69, 9.17) is 30.5 Å². The van der Waals surface area contributed by atoms with E-state index in [-0.39, 0.29) is 28.7 Å². The summed E-state index contributed by atoms with van der Waals surface area (Å²) in [5, 5.41) is 0.0702. The molecule has 6 nitrogen and oxygen atoms in total. The molecule has 0 unspecified atom stereocenters. The van der Waals surface area contributed by atoms with E-state index in [0.717, 1.165) is 0 Å². The van der Waals surface area contributed by atoms with Crippen LogP contribution >= 0.6 is 11.6 Å². The van der Waals surface area contributed by atoms with Crippen LogP contribution in [-0.4, -0.2) is 32.3 Å². The molecule has 0 aliphatic heterocycles. The smallest absolute Gasteiger partial charge is 0.343 e. The standard InChI is InChI=1S/C19H19ClO6/c1-4-24-16-11-13(18(21)25-5-2)10-15(20)17(16)26-19(22)12-6-8-14(23-3)9-7-12/h6-11H,4-5H2,1-3H3. The molecule has 0 saturated heterocycles. The molecule has 2 rings (SSSR count). The number of esters is 2. The zero-order valence-corrected chi connectivity index (χ0v) is 15.5. The Morgan fingerprint density at radius 1 is 0.962 bits per heavy atom. The van der Waals surface area contributed by atoms with Crippen LogP contribution in [0.3, 0.4) is 0 Å². The molecule has 0 N–H and O–H groups in total. The maximum atomic E-state index is 12.4. The second-order valence-electron chi connectivity index (χ2n) is 5.06. The van der Waals surface area contributed by atoms with Crippen LogP contribution < -0.4 is 14.2 Å². The van der Waals surface area contributed by atoms with E-state index in [0.29, 0.717) is 17.9 Å². The first-order valence-corrected chi connectivity index (χ1v) is 8.37. The van der Waals surface area contributed by atoms with E-state index in [1.54, 1.807) is 38.1 Å². The van der Waals surface area contributed by atoms with Crippen molar-refractivity contribution in [3.8, 4) is 17.2 Å². The number of benzene rings is 2. The first kappa shape index (κ1) is 19.6. The van der Waals surface area contributed by atoms with Gasteiger partial charge in [-0.3, -0.25) is 0 Å². The van der Waals surface area contributed by atoms with Crippen LogP contribution in [0.4, 0.5) is 0 Å². The molecule has 7 heteroatoms. The molecular weight excluding hydrogens is 360 g/mol. The molecule has 0 heterocycles. The number of ether oxygens (including phenoxy) is 4. The van der Waals surface area contributed by atoms with Gasteiger partial charge in [0, 0.05) is 0 Å². The van der Waals surface area contributed by atoms with E-state index in [1.807, 2.05) is 0 Å². The summed E-state index contributed by atoms with van der Waals surface area (Å²) in [5.41, 5.74) is 0.531. The molecule has 0 bridgehead atoms. The van der Waals surface area contributed by atoms with Crippen LogP contribution in [-0.2, 0) is 4.74 Å². The SMILES string of the molecule is CCOC(=O)c1cc(Cl)c(OC(=O)c2ccc(OC)cc2)c(OCC)c1. The Hall–Kier alpha value is -2.73. The molecule has 2 aromatic carbocycles. The van der Waals surface area contributed by atoms with Crippen molar-refractivity contribution in [2.24, 2.45) is 0 Å². The monoisotopic (exact) mass is 378 g/mol. The van der Waals surface area contributed by atoms with Gasteiger partial charge < -0.3 is 18.9 Å². The third-order valence-corrected chi connectivity index (χ3v) is 3.62. The van der Waals surface area contributed by atoms with Crippen molar-refractivity contribution < 1.29 is 28.5 Å². The minimum Gasteiger partial charge on any atom is -0.497 e. The average molecular weight is 379 g/mol. The quantitative estimate of drug-likeness (QED) is 0.532. The highest BCUT2D eigenvalue weighted by Crippen LogP contribution is 2.37. The van der Waals surface area contributed by atoms with E-state index in [1.165, 1.54) is 19.2 Å². The maximum absolute atomic E-state index is 12.4. The van der Waals surface area contributed by atoms with Crippen LogP contribution in [0.1, 0.15) is 34.6 Å². The molecule has 0 atom stereocenters. The Kier molecular flexibility index (Phi) is 6.86. The Morgan fingerprint density at radius 3 is 2.23 bits per heavy atom. The fraction of sp³-hybridized carbons (Fsp3) is 0.263. The second-order valence-corrected chi connectivity index (χ2v) is 5.46. The fourth-order valence-electron chi connectivity index (χ4n) is 2.14. The van der Waals surface area contributed by atoms with Gasteiger partial charge in [-0.05, 0) is 50.2 Å². The van der Waals surface area contributed by atoms with E-state index >= 15 is 0 Å². The summed E-state index contributed by atoms with van der Waals surface area (Å²) in [4.78, 5) is 24.3. The van der Waals surface area contributed by atoms with Gasteiger partial charge in [0.25, 0.3) is 0 Å². The third-order valence-electron chi connectivity index (χ3n) is 3.34. The average Bonchev–Trinajstić information content (AvgIpc) is 2.64. The van der Waals surface area contributed by atoms with Crippen molar-refractivity contribution in [1.29, 1.82) is 0 Å². The highest BCUT2D eigenvalue weighted by atomic mass is 35.5. The third kappa shape index (κ3) is 4.67. The molecule has 2 aromatic rings. The van der Waals surface area contributed by atoms with Crippen LogP contribution in [0.5, 0.6) is 17.2 Å². The Bertz CT molecular complexity index is 785. The summed E-state index contributed by atoms with van der Waals surface area (Å²) in [6, 6.07) is 9.24. The molecule has 0 fully saturated rings. The van der Waals surface area contributed by atoms with E-state index in [2.05, 4.69) is 0 Å².